The Hall–Kier alpha value is -1.75. The molecule has 1 heterocycles. The molecule has 17 heavy (non-hydrogen) atoms. The fraction of sp³-hybridized carbons (Fsp3) is 0.417. The SMILES string of the molecule is Nc1cc(OC2CCOCC2)cc(C(=O)O)c1. The maximum Gasteiger partial charge on any atom is 0.335 e. The molecule has 3 N–H and O–H groups in total. The van der Waals surface area contributed by atoms with Crippen LogP contribution < -0.4 is 10.5 Å². The van der Waals surface area contributed by atoms with Crippen molar-refractivity contribution in [2.24, 2.45) is 0 Å². The predicted octanol–water partition coefficient (Wildman–Crippen LogP) is 1.52. The molecule has 0 saturated carbocycles. The zero-order chi connectivity index (χ0) is 12.3. The van der Waals surface area contributed by atoms with E-state index in [2.05, 4.69) is 0 Å². The minimum absolute atomic E-state index is 0.0761. The van der Waals surface area contributed by atoms with Crippen LogP contribution in [0.2, 0.25) is 0 Å². The number of carboxylic acid groups (broad SMARTS) is 1. The maximum absolute atomic E-state index is 10.9. The zero-order valence-electron chi connectivity index (χ0n) is 9.39. The molecule has 0 aliphatic carbocycles. The Morgan fingerprint density at radius 3 is 2.71 bits per heavy atom. The van der Waals surface area contributed by atoms with Gasteiger partial charge in [-0.15, -0.1) is 0 Å². The van der Waals surface area contributed by atoms with Crippen LogP contribution in [0.25, 0.3) is 0 Å². The average Bonchev–Trinajstić information content (AvgIpc) is 2.29. The van der Waals surface area contributed by atoms with Crippen LogP contribution in [-0.4, -0.2) is 30.4 Å². The van der Waals surface area contributed by atoms with Crippen molar-refractivity contribution in [2.75, 3.05) is 18.9 Å². The van der Waals surface area contributed by atoms with E-state index in [4.69, 9.17) is 20.3 Å². The lowest BCUT2D eigenvalue weighted by Gasteiger charge is -2.23. The van der Waals surface area contributed by atoms with Gasteiger partial charge in [0.1, 0.15) is 11.9 Å². The summed E-state index contributed by atoms with van der Waals surface area (Å²) >= 11 is 0. The van der Waals surface area contributed by atoms with Gasteiger partial charge < -0.3 is 20.3 Å². The highest BCUT2D eigenvalue weighted by Gasteiger charge is 2.16. The molecule has 92 valence electrons. The number of anilines is 1. The molecule has 0 spiro atoms. The van der Waals surface area contributed by atoms with Gasteiger partial charge in [0.05, 0.1) is 18.8 Å². The molecule has 1 aromatic carbocycles. The molecule has 1 fully saturated rings. The van der Waals surface area contributed by atoms with Gasteiger partial charge in [-0.1, -0.05) is 0 Å². The molecule has 1 aliphatic heterocycles. The third-order valence-electron chi connectivity index (χ3n) is 2.65. The minimum Gasteiger partial charge on any atom is -0.490 e. The number of hydrogen-bond donors (Lipinski definition) is 2. The van der Waals surface area contributed by atoms with Gasteiger partial charge in [-0.05, 0) is 12.1 Å². The predicted molar refractivity (Wildman–Crippen MR) is 62.3 cm³/mol. The molecule has 1 aromatic rings. The second-order valence-corrected chi connectivity index (χ2v) is 4.03. The van der Waals surface area contributed by atoms with Gasteiger partial charge in [-0.25, -0.2) is 4.79 Å². The Bertz CT molecular complexity index is 413. The Balaban J connectivity index is 2.11. The molecular weight excluding hydrogens is 222 g/mol. The van der Waals surface area contributed by atoms with Crippen LogP contribution in [0.15, 0.2) is 18.2 Å². The number of aromatic carboxylic acids is 1. The highest BCUT2D eigenvalue weighted by atomic mass is 16.5. The largest absolute Gasteiger partial charge is 0.490 e. The van der Waals surface area contributed by atoms with E-state index >= 15 is 0 Å². The number of nitrogen functional groups attached to an aromatic ring is 1. The number of ether oxygens (including phenoxy) is 2. The Morgan fingerprint density at radius 2 is 2.06 bits per heavy atom. The molecule has 1 aliphatic rings. The number of carbonyl (C=O) groups is 1. The number of benzene rings is 1. The quantitative estimate of drug-likeness (QED) is 0.779. The summed E-state index contributed by atoms with van der Waals surface area (Å²) in [4.78, 5) is 10.9. The average molecular weight is 237 g/mol. The first-order valence-corrected chi connectivity index (χ1v) is 5.53. The fourth-order valence-electron chi connectivity index (χ4n) is 1.80. The number of hydrogen-bond acceptors (Lipinski definition) is 4. The van der Waals surface area contributed by atoms with Gasteiger partial charge in [0.15, 0.2) is 0 Å². The standard InChI is InChI=1S/C12H15NO4/c13-9-5-8(12(14)15)6-11(7-9)17-10-1-3-16-4-2-10/h5-7,10H,1-4,13H2,(H,14,15). The van der Waals surface area contributed by atoms with Crippen molar-refractivity contribution in [1.29, 1.82) is 0 Å². The fourth-order valence-corrected chi connectivity index (χ4v) is 1.80. The molecule has 0 amide bonds. The van der Waals surface area contributed by atoms with E-state index in [-0.39, 0.29) is 11.7 Å². The lowest BCUT2D eigenvalue weighted by molar-refractivity contribution is 0.0255. The number of nitrogens with two attached hydrogens (primary N) is 1. The summed E-state index contributed by atoms with van der Waals surface area (Å²) < 4.78 is 10.9. The minimum atomic E-state index is -1.01. The molecular formula is C12H15NO4. The molecule has 0 radical (unpaired) electrons. The summed E-state index contributed by atoms with van der Waals surface area (Å²) in [6, 6.07) is 4.55. The topological polar surface area (TPSA) is 81.8 Å². The summed E-state index contributed by atoms with van der Waals surface area (Å²) in [5.74, 6) is -0.497. The molecule has 0 unspecified atom stereocenters. The maximum atomic E-state index is 10.9. The number of rotatable bonds is 3. The van der Waals surface area contributed by atoms with Crippen molar-refractivity contribution in [3.63, 3.8) is 0 Å². The van der Waals surface area contributed by atoms with Gasteiger partial charge in [-0.3, -0.25) is 0 Å². The third kappa shape index (κ3) is 3.10. The summed E-state index contributed by atoms with van der Waals surface area (Å²) in [7, 11) is 0. The Kier molecular flexibility index (Phi) is 3.49. The second kappa shape index (κ2) is 5.05. The van der Waals surface area contributed by atoms with Gasteiger partial charge in [0.2, 0.25) is 0 Å². The van der Waals surface area contributed by atoms with Crippen molar-refractivity contribution >= 4 is 11.7 Å². The van der Waals surface area contributed by atoms with Crippen molar-refractivity contribution in [3.8, 4) is 5.75 Å². The van der Waals surface area contributed by atoms with Crippen LogP contribution in [0.1, 0.15) is 23.2 Å². The van der Waals surface area contributed by atoms with E-state index in [9.17, 15) is 4.79 Å². The van der Waals surface area contributed by atoms with Crippen molar-refractivity contribution in [1.82, 2.24) is 0 Å². The van der Waals surface area contributed by atoms with Gasteiger partial charge in [0.25, 0.3) is 0 Å². The molecule has 5 nitrogen and oxygen atoms in total. The van der Waals surface area contributed by atoms with E-state index in [1.165, 1.54) is 12.1 Å². The summed E-state index contributed by atoms with van der Waals surface area (Å²) in [5.41, 5.74) is 6.18. The van der Waals surface area contributed by atoms with E-state index in [1.807, 2.05) is 0 Å². The first kappa shape index (κ1) is 11.7. The highest BCUT2D eigenvalue weighted by molar-refractivity contribution is 5.89. The van der Waals surface area contributed by atoms with Crippen molar-refractivity contribution in [2.45, 2.75) is 18.9 Å². The first-order chi connectivity index (χ1) is 8.15. The molecule has 0 aromatic heterocycles. The molecule has 0 atom stereocenters. The van der Waals surface area contributed by atoms with Crippen LogP contribution in [0.5, 0.6) is 5.75 Å². The smallest absolute Gasteiger partial charge is 0.335 e. The number of carboxylic acids is 1. The Morgan fingerprint density at radius 1 is 1.35 bits per heavy atom. The van der Waals surface area contributed by atoms with E-state index in [0.717, 1.165) is 12.8 Å². The monoisotopic (exact) mass is 237 g/mol. The first-order valence-electron chi connectivity index (χ1n) is 5.53. The van der Waals surface area contributed by atoms with Gasteiger partial charge in [-0.2, -0.15) is 0 Å². The van der Waals surface area contributed by atoms with Crippen LogP contribution in [0.4, 0.5) is 5.69 Å². The van der Waals surface area contributed by atoms with E-state index in [0.29, 0.717) is 24.7 Å². The molecule has 5 heteroatoms. The zero-order valence-corrected chi connectivity index (χ0v) is 9.39. The van der Waals surface area contributed by atoms with Crippen molar-refractivity contribution < 1.29 is 19.4 Å². The molecule has 2 rings (SSSR count). The second-order valence-electron chi connectivity index (χ2n) is 4.03. The van der Waals surface area contributed by atoms with Crippen LogP contribution in [0.3, 0.4) is 0 Å². The molecule has 1 saturated heterocycles. The summed E-state index contributed by atoms with van der Waals surface area (Å²) in [5, 5.41) is 8.91. The van der Waals surface area contributed by atoms with Crippen molar-refractivity contribution in [3.05, 3.63) is 23.8 Å². The van der Waals surface area contributed by atoms with E-state index < -0.39 is 5.97 Å². The van der Waals surface area contributed by atoms with Crippen LogP contribution >= 0.6 is 0 Å². The van der Waals surface area contributed by atoms with Crippen LogP contribution in [-0.2, 0) is 4.74 Å². The highest BCUT2D eigenvalue weighted by Crippen LogP contribution is 2.22. The third-order valence-corrected chi connectivity index (χ3v) is 2.65. The van der Waals surface area contributed by atoms with Crippen LogP contribution in [0, 0.1) is 0 Å². The molecule has 0 bridgehead atoms. The van der Waals surface area contributed by atoms with Gasteiger partial charge in [0, 0.05) is 24.6 Å². The van der Waals surface area contributed by atoms with E-state index in [1.54, 1.807) is 6.07 Å². The normalized spacial score (nSPS) is 16.7. The summed E-state index contributed by atoms with van der Waals surface area (Å²) in [6.07, 6.45) is 1.71. The lowest BCUT2D eigenvalue weighted by atomic mass is 10.1. The summed E-state index contributed by atoms with van der Waals surface area (Å²) in [6.45, 7) is 1.36. The Labute approximate surface area is 99.1 Å². The lowest BCUT2D eigenvalue weighted by Crippen LogP contribution is -2.26. The van der Waals surface area contributed by atoms with Gasteiger partial charge >= 0.3 is 5.97 Å².